The molecule has 2 aromatic carbocycles. The predicted octanol–water partition coefficient (Wildman–Crippen LogP) is 5.55. The lowest BCUT2D eigenvalue weighted by molar-refractivity contribution is -0.274. The second kappa shape index (κ2) is 12.5. The van der Waals surface area contributed by atoms with E-state index in [1.54, 1.807) is 31.3 Å². The highest BCUT2D eigenvalue weighted by atomic mass is 32.2. The Kier molecular flexibility index (Phi) is 9.11. The first-order chi connectivity index (χ1) is 20.6. The summed E-state index contributed by atoms with van der Waals surface area (Å²) in [4.78, 5) is 15.0. The van der Waals surface area contributed by atoms with Crippen LogP contribution in [-0.2, 0) is 16.4 Å². The molecular formula is C29H28F4N6O4S. The summed E-state index contributed by atoms with van der Waals surface area (Å²) in [5.74, 6) is 5.87. The molecule has 15 heteroatoms. The number of hydrogen-bond donors (Lipinski definition) is 2. The fraction of sp³-hybridized carbons (Fsp3) is 0.207. The van der Waals surface area contributed by atoms with Gasteiger partial charge in [-0.1, -0.05) is 11.3 Å². The number of rotatable bonds is 9. The molecule has 1 aliphatic carbocycles. The van der Waals surface area contributed by atoms with Crippen molar-refractivity contribution in [3.63, 3.8) is 0 Å². The Hall–Kier alpha value is -4.76. The van der Waals surface area contributed by atoms with Crippen LogP contribution >= 0.6 is 0 Å². The van der Waals surface area contributed by atoms with Crippen LogP contribution in [0, 0.1) is 24.6 Å². The van der Waals surface area contributed by atoms with Gasteiger partial charge in [0.1, 0.15) is 23.9 Å². The molecule has 1 aliphatic rings. The highest BCUT2D eigenvalue weighted by molar-refractivity contribution is 7.90. The van der Waals surface area contributed by atoms with Gasteiger partial charge in [0.05, 0.1) is 16.3 Å². The van der Waals surface area contributed by atoms with Crippen molar-refractivity contribution in [2.45, 2.75) is 38.1 Å². The van der Waals surface area contributed by atoms with Gasteiger partial charge in [-0.25, -0.2) is 23.6 Å². The maximum atomic E-state index is 15.2. The van der Waals surface area contributed by atoms with Crippen LogP contribution in [0.5, 0.6) is 5.75 Å². The van der Waals surface area contributed by atoms with Crippen molar-refractivity contribution in [2.24, 2.45) is 16.8 Å². The topological polar surface area (TPSA) is 146 Å². The first-order valence-corrected chi connectivity index (χ1v) is 14.8. The number of aromatic nitrogens is 2. The Morgan fingerprint density at radius 3 is 2.41 bits per heavy atom. The lowest BCUT2D eigenvalue weighted by atomic mass is 10.0. The van der Waals surface area contributed by atoms with Crippen molar-refractivity contribution >= 4 is 26.8 Å². The smallest absolute Gasteiger partial charge is 0.406 e. The summed E-state index contributed by atoms with van der Waals surface area (Å²) in [6.45, 7) is 2.95. The molecule has 0 saturated heterocycles. The van der Waals surface area contributed by atoms with Gasteiger partial charge in [-0.15, -0.1) is 13.2 Å². The second-order valence-electron chi connectivity index (χ2n) is 9.88. The van der Waals surface area contributed by atoms with Crippen LogP contribution in [0.4, 0.5) is 17.6 Å². The SMILES string of the molecule is Cc1cn(C2=CC=C(c3cc(F)c(CN=O)c(S(C)(=O)=O)c3)C=C(N(N)/C(=C\N)c3ccc(OC(F)(F)F)cc3)C2)c(C)n1. The molecule has 0 fully saturated rings. The van der Waals surface area contributed by atoms with Gasteiger partial charge < -0.3 is 15.0 Å². The number of nitroso groups, excluding NO2 is 1. The van der Waals surface area contributed by atoms with E-state index in [0.717, 1.165) is 30.1 Å². The van der Waals surface area contributed by atoms with Crippen molar-refractivity contribution in [3.8, 4) is 5.75 Å². The van der Waals surface area contributed by atoms with Gasteiger partial charge in [-0.3, -0.25) is 5.01 Å². The molecule has 0 spiro atoms. The average molecular weight is 633 g/mol. The van der Waals surface area contributed by atoms with Gasteiger partial charge in [0.15, 0.2) is 9.84 Å². The largest absolute Gasteiger partial charge is 0.573 e. The molecule has 1 aromatic heterocycles. The average Bonchev–Trinajstić information content (AvgIpc) is 3.12. The van der Waals surface area contributed by atoms with Crippen LogP contribution < -0.4 is 16.3 Å². The summed E-state index contributed by atoms with van der Waals surface area (Å²) in [5, 5.41) is 3.89. The lowest BCUT2D eigenvalue weighted by Gasteiger charge is -2.26. The highest BCUT2D eigenvalue weighted by Crippen LogP contribution is 2.34. The van der Waals surface area contributed by atoms with Crippen LogP contribution in [0.1, 0.15) is 34.6 Å². The van der Waals surface area contributed by atoms with Crippen LogP contribution in [0.2, 0.25) is 0 Å². The molecule has 3 aromatic rings. The summed E-state index contributed by atoms with van der Waals surface area (Å²) in [5.41, 5.74) is 8.52. The van der Waals surface area contributed by atoms with E-state index in [-0.39, 0.29) is 28.1 Å². The summed E-state index contributed by atoms with van der Waals surface area (Å²) < 4.78 is 84.0. The first kappa shape index (κ1) is 32.2. The number of aryl methyl sites for hydroxylation is 2. The third kappa shape index (κ3) is 7.23. The minimum Gasteiger partial charge on any atom is -0.406 e. The quantitative estimate of drug-likeness (QED) is 0.135. The van der Waals surface area contributed by atoms with Crippen molar-refractivity contribution < 1.29 is 30.7 Å². The maximum absolute atomic E-state index is 15.2. The Labute approximate surface area is 250 Å². The van der Waals surface area contributed by atoms with E-state index < -0.39 is 34.3 Å². The summed E-state index contributed by atoms with van der Waals surface area (Å²) >= 11 is 0. The van der Waals surface area contributed by atoms with E-state index in [1.807, 2.05) is 11.5 Å². The van der Waals surface area contributed by atoms with Gasteiger partial charge >= 0.3 is 6.36 Å². The normalized spacial score (nSPS) is 14.4. The molecule has 44 heavy (non-hydrogen) atoms. The predicted molar refractivity (Wildman–Crippen MR) is 157 cm³/mol. The van der Waals surface area contributed by atoms with Crippen molar-refractivity contribution in [3.05, 3.63) is 112 Å². The zero-order valence-electron chi connectivity index (χ0n) is 23.8. The number of sulfone groups is 1. The fourth-order valence-electron chi connectivity index (χ4n) is 4.74. The number of benzene rings is 2. The number of hydrazine groups is 1. The molecule has 0 unspecified atom stereocenters. The van der Waals surface area contributed by atoms with Crippen molar-refractivity contribution in [1.29, 1.82) is 0 Å². The third-order valence-corrected chi connectivity index (χ3v) is 7.84. The van der Waals surface area contributed by atoms with E-state index in [2.05, 4.69) is 14.9 Å². The van der Waals surface area contributed by atoms with Crippen LogP contribution in [0.25, 0.3) is 17.0 Å². The number of ether oxygens (including phenoxy) is 1. The first-order valence-electron chi connectivity index (χ1n) is 12.9. The van der Waals surface area contributed by atoms with Crippen molar-refractivity contribution in [2.75, 3.05) is 6.26 Å². The van der Waals surface area contributed by atoms with E-state index >= 15 is 4.39 Å². The minimum absolute atomic E-state index is 0.173. The Morgan fingerprint density at radius 1 is 1.18 bits per heavy atom. The van der Waals surface area contributed by atoms with Crippen LogP contribution in [-0.4, -0.2) is 35.6 Å². The molecule has 0 atom stereocenters. The molecule has 0 bridgehead atoms. The van der Waals surface area contributed by atoms with E-state index in [1.165, 1.54) is 29.4 Å². The summed E-state index contributed by atoms with van der Waals surface area (Å²) in [6.07, 6.45) is 4.18. The fourth-order valence-corrected chi connectivity index (χ4v) is 5.69. The molecule has 232 valence electrons. The number of alkyl halides is 3. The summed E-state index contributed by atoms with van der Waals surface area (Å²) in [6, 6.07) is 7.27. The molecule has 4 rings (SSSR count). The molecular weight excluding hydrogens is 604 g/mol. The van der Waals surface area contributed by atoms with Gasteiger partial charge in [0.2, 0.25) is 0 Å². The van der Waals surface area contributed by atoms with Gasteiger partial charge in [-0.2, -0.15) is 4.91 Å². The van der Waals surface area contributed by atoms with Gasteiger partial charge in [0.25, 0.3) is 0 Å². The van der Waals surface area contributed by atoms with Crippen molar-refractivity contribution in [1.82, 2.24) is 14.6 Å². The number of halogens is 4. The second-order valence-corrected chi connectivity index (χ2v) is 11.9. The molecule has 4 N–H and O–H groups in total. The number of hydrogen-bond acceptors (Lipinski definition) is 9. The molecule has 0 aliphatic heterocycles. The van der Waals surface area contributed by atoms with Gasteiger partial charge in [-0.05, 0) is 73.5 Å². The summed E-state index contributed by atoms with van der Waals surface area (Å²) in [7, 11) is -3.96. The zero-order chi connectivity index (χ0) is 32.4. The molecule has 0 amide bonds. The third-order valence-electron chi connectivity index (χ3n) is 6.67. The highest BCUT2D eigenvalue weighted by Gasteiger charge is 2.31. The van der Waals surface area contributed by atoms with E-state index in [4.69, 9.17) is 11.6 Å². The maximum Gasteiger partial charge on any atom is 0.573 e. The Morgan fingerprint density at radius 2 is 1.86 bits per heavy atom. The number of imidazole rings is 1. The lowest BCUT2D eigenvalue weighted by Crippen LogP contribution is -2.30. The van der Waals surface area contributed by atoms with E-state index in [9.17, 15) is 26.5 Å². The monoisotopic (exact) mass is 632 g/mol. The number of allylic oxidation sites excluding steroid dienone is 5. The molecule has 0 radical (unpaired) electrons. The number of nitrogens with zero attached hydrogens (tertiary/aromatic N) is 4. The van der Waals surface area contributed by atoms with Crippen LogP contribution in [0.3, 0.4) is 0 Å². The minimum atomic E-state index is -4.87. The zero-order valence-corrected chi connectivity index (χ0v) is 24.6. The Balaban J connectivity index is 1.84. The molecule has 0 saturated carbocycles. The number of nitrogens with two attached hydrogens (primary N) is 2. The van der Waals surface area contributed by atoms with Crippen LogP contribution in [0.15, 0.2) is 82.8 Å². The molecule has 1 heterocycles. The van der Waals surface area contributed by atoms with Gasteiger partial charge in [0, 0.05) is 47.6 Å². The van der Waals surface area contributed by atoms with E-state index in [0.29, 0.717) is 28.4 Å². The molecule has 10 nitrogen and oxygen atoms in total. The standard InChI is InChI=1S/C29H28F4N6O4S/c1-17-16-38(18(2)37-17)22-7-4-20(21-11-26(30)25(15-36-40)28(12-21)44(3,41)42)10-23(13-22)39(35)27(14-34)19-5-8-24(9-6-19)43-29(31,32)33/h4-12,14,16H,13,15,34-35H2,1-3H3/b27-14-. The Bertz CT molecular complexity index is 1820.